The predicted molar refractivity (Wildman–Crippen MR) is 83.9 cm³/mol. The molecule has 110 valence electrons. The third-order valence-electron chi connectivity index (χ3n) is 4.78. The van der Waals surface area contributed by atoms with Crippen LogP contribution in [0.25, 0.3) is 0 Å². The molecule has 0 bridgehead atoms. The average Bonchev–Trinajstić information content (AvgIpc) is 2.48. The van der Waals surface area contributed by atoms with E-state index in [9.17, 15) is 0 Å². The molecule has 3 rings (SSSR count). The normalized spacial score (nSPS) is 24.9. The Hall–Kier alpha value is -0.900. The standard InChI is InChI=1S/C17H27N3/c1-14(2)20-9-7-19(8-10-20)13-17-11-15-5-3-4-6-16(15)12-18-17/h3-6,14,17-18H,7-13H2,1-2H3. The Morgan fingerprint density at radius 2 is 1.80 bits per heavy atom. The van der Waals surface area contributed by atoms with Crippen LogP contribution in [0.4, 0.5) is 0 Å². The van der Waals surface area contributed by atoms with E-state index in [0.717, 1.165) is 6.54 Å². The lowest BCUT2D eigenvalue weighted by atomic mass is 9.95. The van der Waals surface area contributed by atoms with Gasteiger partial charge < -0.3 is 5.32 Å². The molecule has 0 amide bonds. The molecule has 2 heterocycles. The smallest absolute Gasteiger partial charge is 0.0238 e. The van der Waals surface area contributed by atoms with Crippen LogP contribution >= 0.6 is 0 Å². The Kier molecular flexibility index (Phi) is 4.39. The van der Waals surface area contributed by atoms with E-state index in [2.05, 4.69) is 53.2 Å². The average molecular weight is 273 g/mol. The molecule has 1 aromatic rings. The van der Waals surface area contributed by atoms with Crippen LogP contribution in [-0.4, -0.2) is 54.6 Å². The second-order valence-corrected chi connectivity index (χ2v) is 6.48. The molecule has 1 aromatic carbocycles. The van der Waals surface area contributed by atoms with Crippen molar-refractivity contribution < 1.29 is 0 Å². The summed E-state index contributed by atoms with van der Waals surface area (Å²) in [5.74, 6) is 0. The van der Waals surface area contributed by atoms with E-state index in [-0.39, 0.29) is 0 Å². The molecule has 3 heteroatoms. The van der Waals surface area contributed by atoms with Crippen LogP contribution in [0.15, 0.2) is 24.3 Å². The predicted octanol–water partition coefficient (Wildman–Crippen LogP) is 1.73. The number of piperazine rings is 1. The van der Waals surface area contributed by atoms with E-state index >= 15 is 0 Å². The molecule has 1 fully saturated rings. The summed E-state index contributed by atoms with van der Waals surface area (Å²) in [5.41, 5.74) is 3.02. The monoisotopic (exact) mass is 273 g/mol. The molecule has 0 saturated carbocycles. The van der Waals surface area contributed by atoms with Gasteiger partial charge in [-0.2, -0.15) is 0 Å². The molecular weight excluding hydrogens is 246 g/mol. The second kappa shape index (κ2) is 6.25. The lowest BCUT2D eigenvalue weighted by Gasteiger charge is -2.39. The topological polar surface area (TPSA) is 18.5 Å². The minimum atomic E-state index is 0.621. The molecule has 2 aliphatic rings. The van der Waals surface area contributed by atoms with E-state index in [1.807, 2.05) is 0 Å². The van der Waals surface area contributed by atoms with E-state index in [0.29, 0.717) is 12.1 Å². The number of hydrogen-bond donors (Lipinski definition) is 1. The summed E-state index contributed by atoms with van der Waals surface area (Å²) in [4.78, 5) is 5.21. The van der Waals surface area contributed by atoms with Crippen molar-refractivity contribution in [3.8, 4) is 0 Å². The Morgan fingerprint density at radius 3 is 2.50 bits per heavy atom. The zero-order valence-corrected chi connectivity index (χ0v) is 12.8. The van der Waals surface area contributed by atoms with Crippen LogP contribution in [0.2, 0.25) is 0 Å². The summed E-state index contributed by atoms with van der Waals surface area (Å²) in [6.45, 7) is 11.7. The van der Waals surface area contributed by atoms with Gasteiger partial charge in [0, 0.05) is 51.4 Å². The lowest BCUT2D eigenvalue weighted by molar-refractivity contribution is 0.100. The SMILES string of the molecule is CC(C)N1CCN(CC2Cc3ccccc3CN2)CC1. The van der Waals surface area contributed by atoms with Crippen LogP contribution < -0.4 is 5.32 Å². The van der Waals surface area contributed by atoms with Gasteiger partial charge in [-0.25, -0.2) is 0 Å². The van der Waals surface area contributed by atoms with Crippen molar-refractivity contribution >= 4 is 0 Å². The largest absolute Gasteiger partial charge is 0.308 e. The molecule has 1 atom stereocenters. The minimum Gasteiger partial charge on any atom is -0.308 e. The van der Waals surface area contributed by atoms with Gasteiger partial charge in [0.1, 0.15) is 0 Å². The molecule has 0 aliphatic carbocycles. The number of hydrogen-bond acceptors (Lipinski definition) is 3. The first-order valence-corrected chi connectivity index (χ1v) is 7.99. The van der Waals surface area contributed by atoms with Crippen molar-refractivity contribution in [2.24, 2.45) is 0 Å². The highest BCUT2D eigenvalue weighted by atomic mass is 15.3. The molecule has 0 aromatic heterocycles. The van der Waals surface area contributed by atoms with Crippen LogP contribution in [0.5, 0.6) is 0 Å². The zero-order valence-electron chi connectivity index (χ0n) is 12.8. The third-order valence-corrected chi connectivity index (χ3v) is 4.78. The number of nitrogens with zero attached hydrogens (tertiary/aromatic N) is 2. The summed E-state index contributed by atoms with van der Waals surface area (Å²) in [6, 6.07) is 10.2. The van der Waals surface area contributed by atoms with Gasteiger partial charge in [0.15, 0.2) is 0 Å². The maximum Gasteiger partial charge on any atom is 0.0238 e. The summed E-state index contributed by atoms with van der Waals surface area (Å²) >= 11 is 0. The van der Waals surface area contributed by atoms with E-state index in [4.69, 9.17) is 0 Å². The molecule has 1 N–H and O–H groups in total. The van der Waals surface area contributed by atoms with Crippen molar-refractivity contribution in [1.82, 2.24) is 15.1 Å². The van der Waals surface area contributed by atoms with Gasteiger partial charge in [0.25, 0.3) is 0 Å². The molecule has 1 unspecified atom stereocenters. The molecule has 2 aliphatic heterocycles. The molecular formula is C17H27N3. The van der Waals surface area contributed by atoms with Gasteiger partial charge in [-0.15, -0.1) is 0 Å². The van der Waals surface area contributed by atoms with Crippen molar-refractivity contribution in [1.29, 1.82) is 0 Å². The van der Waals surface area contributed by atoms with Crippen LogP contribution in [0, 0.1) is 0 Å². The first-order valence-electron chi connectivity index (χ1n) is 7.99. The van der Waals surface area contributed by atoms with Crippen LogP contribution in [0.3, 0.4) is 0 Å². The quantitative estimate of drug-likeness (QED) is 0.905. The summed E-state index contributed by atoms with van der Waals surface area (Å²) in [6.07, 6.45) is 1.18. The summed E-state index contributed by atoms with van der Waals surface area (Å²) in [7, 11) is 0. The number of fused-ring (bicyclic) bond motifs is 1. The van der Waals surface area contributed by atoms with Crippen molar-refractivity contribution in [3.05, 3.63) is 35.4 Å². The Morgan fingerprint density at radius 1 is 1.10 bits per heavy atom. The van der Waals surface area contributed by atoms with Gasteiger partial charge in [-0.3, -0.25) is 9.80 Å². The highest BCUT2D eigenvalue weighted by Crippen LogP contribution is 2.17. The second-order valence-electron chi connectivity index (χ2n) is 6.48. The first-order chi connectivity index (χ1) is 9.72. The van der Waals surface area contributed by atoms with Gasteiger partial charge in [-0.1, -0.05) is 24.3 Å². The Bertz CT molecular complexity index is 436. The summed E-state index contributed by atoms with van der Waals surface area (Å²) < 4.78 is 0. The fourth-order valence-electron chi connectivity index (χ4n) is 3.42. The van der Waals surface area contributed by atoms with Gasteiger partial charge in [0.05, 0.1) is 0 Å². The fraction of sp³-hybridized carbons (Fsp3) is 0.647. The number of benzene rings is 1. The van der Waals surface area contributed by atoms with Gasteiger partial charge in [-0.05, 0) is 31.4 Å². The highest BCUT2D eigenvalue weighted by Gasteiger charge is 2.23. The van der Waals surface area contributed by atoms with E-state index < -0.39 is 0 Å². The van der Waals surface area contributed by atoms with Crippen molar-refractivity contribution in [2.45, 2.75) is 38.9 Å². The zero-order chi connectivity index (χ0) is 13.9. The van der Waals surface area contributed by atoms with Crippen LogP contribution in [-0.2, 0) is 13.0 Å². The summed E-state index contributed by atoms with van der Waals surface area (Å²) in [5, 5.41) is 3.70. The van der Waals surface area contributed by atoms with Crippen LogP contribution in [0.1, 0.15) is 25.0 Å². The van der Waals surface area contributed by atoms with Gasteiger partial charge in [0.2, 0.25) is 0 Å². The maximum atomic E-state index is 3.70. The third kappa shape index (κ3) is 3.22. The molecule has 20 heavy (non-hydrogen) atoms. The van der Waals surface area contributed by atoms with Crippen molar-refractivity contribution in [3.63, 3.8) is 0 Å². The minimum absolute atomic E-state index is 0.621. The highest BCUT2D eigenvalue weighted by molar-refractivity contribution is 5.29. The Balaban J connectivity index is 1.51. The number of rotatable bonds is 3. The van der Waals surface area contributed by atoms with E-state index in [1.54, 1.807) is 0 Å². The molecule has 0 radical (unpaired) electrons. The molecule has 3 nitrogen and oxygen atoms in total. The first kappa shape index (κ1) is 14.1. The maximum absolute atomic E-state index is 3.70. The molecule has 0 spiro atoms. The molecule has 1 saturated heterocycles. The fourth-order valence-corrected chi connectivity index (χ4v) is 3.42. The lowest BCUT2D eigenvalue weighted by Crippen LogP contribution is -2.53. The number of nitrogens with one attached hydrogen (secondary N) is 1. The van der Waals surface area contributed by atoms with E-state index in [1.165, 1.54) is 50.3 Å². The van der Waals surface area contributed by atoms with Gasteiger partial charge >= 0.3 is 0 Å². The Labute approximate surface area is 123 Å². The van der Waals surface area contributed by atoms with Crippen molar-refractivity contribution in [2.75, 3.05) is 32.7 Å².